The summed E-state index contributed by atoms with van der Waals surface area (Å²) in [5, 5.41) is 11.1. The lowest BCUT2D eigenvalue weighted by Crippen LogP contribution is -2.14. The Hall–Kier alpha value is -2.80. The van der Waals surface area contributed by atoms with Crippen molar-refractivity contribution in [3.05, 3.63) is 57.6 Å². The molecule has 120 valence electrons. The number of methoxy groups -OCH3 is 1. The van der Waals surface area contributed by atoms with E-state index in [1.165, 1.54) is 12.1 Å². The van der Waals surface area contributed by atoms with Crippen LogP contribution in [0.2, 0.25) is 0 Å². The predicted molar refractivity (Wildman–Crippen MR) is 80.7 cm³/mol. The molecule has 0 bridgehead atoms. The fraction of sp³-hybridized carbons (Fsp3) is 0.250. The molecule has 0 radical (unpaired) electrons. The van der Waals surface area contributed by atoms with Gasteiger partial charge in [0.15, 0.2) is 18.3 Å². The van der Waals surface area contributed by atoms with Gasteiger partial charge in [-0.3, -0.25) is 10.1 Å². The highest BCUT2D eigenvalue weighted by Crippen LogP contribution is 2.34. The fourth-order valence-electron chi connectivity index (χ4n) is 2.39. The molecule has 23 heavy (non-hydrogen) atoms. The lowest BCUT2D eigenvalue weighted by Gasteiger charge is -2.20. The maximum Gasteiger partial charge on any atom is 0.270 e. The van der Waals surface area contributed by atoms with Crippen LogP contribution in [-0.2, 0) is 18.0 Å². The van der Waals surface area contributed by atoms with Gasteiger partial charge in [0.25, 0.3) is 5.69 Å². The van der Waals surface area contributed by atoms with Crippen LogP contribution in [-0.4, -0.2) is 18.8 Å². The van der Waals surface area contributed by atoms with E-state index >= 15 is 0 Å². The van der Waals surface area contributed by atoms with Crippen LogP contribution in [0.25, 0.3) is 0 Å². The summed E-state index contributed by atoms with van der Waals surface area (Å²) in [6.07, 6.45) is 0. The third-order valence-corrected chi connectivity index (χ3v) is 3.43. The quantitative estimate of drug-likeness (QED) is 0.623. The number of para-hydroxylation sites is 2. The van der Waals surface area contributed by atoms with Crippen molar-refractivity contribution in [3.63, 3.8) is 0 Å². The van der Waals surface area contributed by atoms with Gasteiger partial charge in [-0.1, -0.05) is 12.1 Å². The Morgan fingerprint density at radius 2 is 2.04 bits per heavy atom. The van der Waals surface area contributed by atoms with Gasteiger partial charge in [0.2, 0.25) is 0 Å². The van der Waals surface area contributed by atoms with E-state index in [0.29, 0.717) is 28.4 Å². The van der Waals surface area contributed by atoms with Crippen molar-refractivity contribution in [1.29, 1.82) is 0 Å². The second-order valence-electron chi connectivity index (χ2n) is 4.90. The number of non-ortho nitro benzene ring substituents is 1. The van der Waals surface area contributed by atoms with Gasteiger partial charge in [0.1, 0.15) is 12.4 Å². The van der Waals surface area contributed by atoms with Crippen molar-refractivity contribution in [1.82, 2.24) is 0 Å². The molecule has 0 saturated heterocycles. The zero-order chi connectivity index (χ0) is 16.2. The number of nitrogens with zero attached hydrogens (tertiary/aromatic N) is 1. The van der Waals surface area contributed by atoms with Gasteiger partial charge in [-0.05, 0) is 12.1 Å². The van der Waals surface area contributed by atoms with E-state index in [0.717, 1.165) is 0 Å². The van der Waals surface area contributed by atoms with E-state index in [-0.39, 0.29) is 25.7 Å². The highest BCUT2D eigenvalue weighted by molar-refractivity contribution is 5.50. The van der Waals surface area contributed by atoms with E-state index in [1.54, 1.807) is 19.2 Å². The number of ether oxygens (including phenoxy) is 4. The largest absolute Gasteiger partial charge is 0.493 e. The molecule has 7 nitrogen and oxygen atoms in total. The molecule has 0 amide bonds. The summed E-state index contributed by atoms with van der Waals surface area (Å²) in [5.41, 5.74) is 1.23. The third kappa shape index (κ3) is 3.19. The number of rotatable bonds is 5. The number of fused-ring (bicyclic) bond motifs is 1. The van der Waals surface area contributed by atoms with E-state index in [9.17, 15) is 10.1 Å². The lowest BCUT2D eigenvalue weighted by molar-refractivity contribution is -0.385. The summed E-state index contributed by atoms with van der Waals surface area (Å²) in [6.45, 7) is 0.523. The van der Waals surface area contributed by atoms with Crippen LogP contribution < -0.4 is 14.2 Å². The van der Waals surface area contributed by atoms with Crippen LogP contribution >= 0.6 is 0 Å². The molecular formula is C16H15NO6. The highest BCUT2D eigenvalue weighted by Gasteiger charge is 2.21. The minimum atomic E-state index is -0.443. The van der Waals surface area contributed by atoms with E-state index < -0.39 is 4.92 Å². The minimum absolute atomic E-state index is 0.0172. The van der Waals surface area contributed by atoms with Crippen molar-refractivity contribution in [2.24, 2.45) is 0 Å². The first-order valence-electron chi connectivity index (χ1n) is 6.95. The molecule has 7 heteroatoms. The molecule has 1 aliphatic rings. The van der Waals surface area contributed by atoms with Gasteiger partial charge in [-0.15, -0.1) is 0 Å². The molecular weight excluding hydrogens is 302 g/mol. The monoisotopic (exact) mass is 317 g/mol. The summed E-state index contributed by atoms with van der Waals surface area (Å²) >= 11 is 0. The van der Waals surface area contributed by atoms with Gasteiger partial charge in [-0.25, -0.2) is 0 Å². The Morgan fingerprint density at radius 3 is 2.78 bits per heavy atom. The fourth-order valence-corrected chi connectivity index (χ4v) is 2.39. The second-order valence-corrected chi connectivity index (χ2v) is 4.90. The molecule has 0 saturated carbocycles. The Bertz CT molecular complexity index is 731. The maximum atomic E-state index is 11.1. The molecule has 0 N–H and O–H groups in total. The SMILES string of the molecule is COc1ccccc1OCc1cc([N+](=O)[O-])cc2c1OCOC2. The van der Waals surface area contributed by atoms with Crippen molar-refractivity contribution >= 4 is 5.69 Å². The minimum Gasteiger partial charge on any atom is -0.493 e. The van der Waals surface area contributed by atoms with Gasteiger partial charge in [-0.2, -0.15) is 0 Å². The first-order valence-corrected chi connectivity index (χ1v) is 6.95. The summed E-state index contributed by atoms with van der Waals surface area (Å²) in [4.78, 5) is 10.6. The summed E-state index contributed by atoms with van der Waals surface area (Å²) in [6, 6.07) is 10.1. The average Bonchev–Trinajstić information content (AvgIpc) is 2.59. The number of hydrogen-bond donors (Lipinski definition) is 0. The van der Waals surface area contributed by atoms with Crippen LogP contribution in [0, 0.1) is 10.1 Å². The Labute approximate surface area is 132 Å². The van der Waals surface area contributed by atoms with Gasteiger partial charge in [0, 0.05) is 23.3 Å². The molecule has 0 fully saturated rings. The van der Waals surface area contributed by atoms with E-state index in [1.807, 2.05) is 12.1 Å². The zero-order valence-electron chi connectivity index (χ0n) is 12.5. The first-order chi connectivity index (χ1) is 11.2. The number of hydrogen-bond acceptors (Lipinski definition) is 6. The predicted octanol–water partition coefficient (Wildman–Crippen LogP) is 3.05. The second kappa shape index (κ2) is 6.53. The highest BCUT2D eigenvalue weighted by atomic mass is 16.7. The molecule has 0 unspecified atom stereocenters. The maximum absolute atomic E-state index is 11.1. The standard InChI is InChI=1S/C16H15NO6/c1-20-14-4-2-3-5-15(14)22-9-12-7-13(17(18)19)6-11-8-21-10-23-16(11)12/h2-7H,8-10H2,1H3. The molecule has 1 heterocycles. The van der Waals surface area contributed by atoms with Crippen molar-refractivity contribution < 1.29 is 23.9 Å². The molecule has 0 aromatic heterocycles. The van der Waals surface area contributed by atoms with Crippen molar-refractivity contribution in [3.8, 4) is 17.2 Å². The molecule has 3 rings (SSSR count). The lowest BCUT2D eigenvalue weighted by atomic mass is 10.1. The van der Waals surface area contributed by atoms with Gasteiger partial charge < -0.3 is 18.9 Å². The molecule has 2 aromatic carbocycles. The van der Waals surface area contributed by atoms with Crippen molar-refractivity contribution in [2.45, 2.75) is 13.2 Å². The van der Waals surface area contributed by atoms with Crippen LogP contribution in [0.1, 0.15) is 11.1 Å². The zero-order valence-corrected chi connectivity index (χ0v) is 12.5. The van der Waals surface area contributed by atoms with Crippen LogP contribution in [0.5, 0.6) is 17.2 Å². The summed E-state index contributed by atoms with van der Waals surface area (Å²) in [5.74, 6) is 1.73. The average molecular weight is 317 g/mol. The van der Waals surface area contributed by atoms with Gasteiger partial charge >= 0.3 is 0 Å². The Morgan fingerprint density at radius 1 is 1.26 bits per heavy atom. The molecule has 0 spiro atoms. The molecule has 2 aromatic rings. The van der Waals surface area contributed by atoms with Crippen molar-refractivity contribution in [2.75, 3.05) is 13.9 Å². The van der Waals surface area contributed by atoms with Crippen LogP contribution in [0.4, 0.5) is 5.69 Å². The summed E-state index contributed by atoms with van der Waals surface area (Å²) < 4.78 is 21.6. The topological polar surface area (TPSA) is 80.1 Å². The normalized spacial score (nSPS) is 12.9. The Kier molecular flexibility index (Phi) is 4.29. The first kappa shape index (κ1) is 15.1. The number of nitro groups is 1. The number of nitro benzene ring substituents is 1. The molecule has 1 aliphatic heterocycles. The van der Waals surface area contributed by atoms with Gasteiger partial charge in [0.05, 0.1) is 18.6 Å². The van der Waals surface area contributed by atoms with E-state index in [2.05, 4.69) is 0 Å². The Balaban J connectivity index is 1.89. The molecule has 0 aliphatic carbocycles. The van der Waals surface area contributed by atoms with Crippen LogP contribution in [0.3, 0.4) is 0 Å². The van der Waals surface area contributed by atoms with E-state index in [4.69, 9.17) is 18.9 Å². The smallest absolute Gasteiger partial charge is 0.270 e. The number of benzene rings is 2. The van der Waals surface area contributed by atoms with Crippen LogP contribution in [0.15, 0.2) is 36.4 Å². The third-order valence-electron chi connectivity index (χ3n) is 3.43. The summed E-state index contributed by atoms with van der Waals surface area (Å²) in [7, 11) is 1.55. The molecule has 0 atom stereocenters.